The molecule has 0 unspecified atom stereocenters. The fraction of sp³-hybridized carbons (Fsp3) is 0.133. The van der Waals surface area contributed by atoms with E-state index in [1.54, 1.807) is 43.5 Å². The number of hydrogen-bond donors (Lipinski definition) is 2. The van der Waals surface area contributed by atoms with Crippen LogP contribution in [0.15, 0.2) is 42.5 Å². The summed E-state index contributed by atoms with van der Waals surface area (Å²) >= 11 is 0. The summed E-state index contributed by atoms with van der Waals surface area (Å²) in [5.41, 5.74) is 12.8. The van der Waals surface area contributed by atoms with Crippen LogP contribution >= 0.6 is 0 Å². The standard InChI is InChI=1S/C15H16N2O3/c1-19-11-6-7-14(13(16)8-11)20-9-10-4-2-3-5-12(10)15(17)18/h2-8H,9,16H2,1H3,(H2,17,18). The number of carbonyl (C=O) groups is 1. The molecule has 0 heterocycles. The zero-order chi connectivity index (χ0) is 14.5. The zero-order valence-corrected chi connectivity index (χ0v) is 11.1. The molecule has 104 valence electrons. The van der Waals surface area contributed by atoms with Gasteiger partial charge in [0.1, 0.15) is 18.1 Å². The summed E-state index contributed by atoms with van der Waals surface area (Å²) in [6, 6.07) is 12.2. The molecule has 0 bridgehead atoms. The average molecular weight is 272 g/mol. The van der Waals surface area contributed by atoms with Crippen LogP contribution in [0.2, 0.25) is 0 Å². The van der Waals surface area contributed by atoms with Crippen molar-refractivity contribution in [2.24, 2.45) is 5.73 Å². The summed E-state index contributed by atoms with van der Waals surface area (Å²) in [6.07, 6.45) is 0. The van der Waals surface area contributed by atoms with Crippen molar-refractivity contribution in [1.82, 2.24) is 0 Å². The third-order valence-electron chi connectivity index (χ3n) is 2.88. The molecule has 0 fully saturated rings. The Hall–Kier alpha value is -2.69. The van der Waals surface area contributed by atoms with E-state index in [9.17, 15) is 4.79 Å². The van der Waals surface area contributed by atoms with E-state index in [1.807, 2.05) is 6.07 Å². The highest BCUT2D eigenvalue weighted by molar-refractivity contribution is 5.94. The molecule has 2 aromatic carbocycles. The predicted octanol–water partition coefficient (Wildman–Crippen LogP) is 1.96. The molecule has 4 N–H and O–H groups in total. The minimum absolute atomic E-state index is 0.218. The molecule has 0 atom stereocenters. The maximum atomic E-state index is 11.3. The number of carbonyl (C=O) groups excluding carboxylic acids is 1. The molecular formula is C15H16N2O3. The maximum absolute atomic E-state index is 11.3. The molecule has 0 spiro atoms. The van der Waals surface area contributed by atoms with Gasteiger partial charge in [0.25, 0.3) is 0 Å². The SMILES string of the molecule is COc1ccc(OCc2ccccc2C(N)=O)c(N)c1. The predicted molar refractivity (Wildman–Crippen MR) is 76.7 cm³/mol. The van der Waals surface area contributed by atoms with E-state index in [0.29, 0.717) is 22.7 Å². The van der Waals surface area contributed by atoms with Gasteiger partial charge >= 0.3 is 0 Å². The first kappa shape index (κ1) is 13.7. The van der Waals surface area contributed by atoms with Crippen molar-refractivity contribution in [1.29, 1.82) is 0 Å². The Morgan fingerprint density at radius 1 is 1.20 bits per heavy atom. The van der Waals surface area contributed by atoms with Crippen LogP contribution in [-0.2, 0) is 6.61 Å². The van der Waals surface area contributed by atoms with Crippen LogP contribution in [0.25, 0.3) is 0 Å². The van der Waals surface area contributed by atoms with E-state index in [1.165, 1.54) is 0 Å². The van der Waals surface area contributed by atoms with E-state index in [2.05, 4.69) is 0 Å². The highest BCUT2D eigenvalue weighted by Gasteiger charge is 2.09. The normalized spacial score (nSPS) is 10.1. The molecule has 1 amide bonds. The molecule has 2 rings (SSSR count). The molecule has 5 nitrogen and oxygen atoms in total. The molecule has 0 aliphatic heterocycles. The van der Waals surface area contributed by atoms with Crippen LogP contribution in [0.3, 0.4) is 0 Å². The lowest BCUT2D eigenvalue weighted by molar-refractivity contribution is 0.0998. The number of rotatable bonds is 5. The minimum Gasteiger partial charge on any atom is -0.497 e. The third-order valence-corrected chi connectivity index (χ3v) is 2.88. The number of anilines is 1. The molecule has 0 aromatic heterocycles. The van der Waals surface area contributed by atoms with Gasteiger partial charge < -0.3 is 20.9 Å². The van der Waals surface area contributed by atoms with Crippen molar-refractivity contribution < 1.29 is 14.3 Å². The summed E-state index contributed by atoms with van der Waals surface area (Å²) < 4.78 is 10.7. The Balaban J connectivity index is 2.15. The number of methoxy groups -OCH3 is 1. The molecule has 0 aliphatic rings. The van der Waals surface area contributed by atoms with E-state index < -0.39 is 5.91 Å². The maximum Gasteiger partial charge on any atom is 0.249 e. The lowest BCUT2D eigenvalue weighted by atomic mass is 10.1. The van der Waals surface area contributed by atoms with Crippen LogP contribution in [0, 0.1) is 0 Å². The van der Waals surface area contributed by atoms with Gasteiger partial charge in [0.05, 0.1) is 12.8 Å². The van der Waals surface area contributed by atoms with Gasteiger partial charge in [0, 0.05) is 17.2 Å². The van der Waals surface area contributed by atoms with E-state index in [4.69, 9.17) is 20.9 Å². The quantitative estimate of drug-likeness (QED) is 0.814. The Labute approximate surface area is 117 Å². The second-order valence-electron chi connectivity index (χ2n) is 4.21. The molecule has 0 saturated carbocycles. The van der Waals surface area contributed by atoms with Crippen LogP contribution in [0.1, 0.15) is 15.9 Å². The van der Waals surface area contributed by atoms with Gasteiger partial charge in [0.15, 0.2) is 0 Å². The smallest absolute Gasteiger partial charge is 0.249 e. The lowest BCUT2D eigenvalue weighted by Gasteiger charge is -2.11. The van der Waals surface area contributed by atoms with Crippen molar-refractivity contribution in [3.05, 3.63) is 53.6 Å². The second kappa shape index (κ2) is 5.97. The van der Waals surface area contributed by atoms with Crippen molar-refractivity contribution in [3.8, 4) is 11.5 Å². The molecule has 0 saturated heterocycles. The van der Waals surface area contributed by atoms with Crippen LogP contribution in [-0.4, -0.2) is 13.0 Å². The Morgan fingerprint density at radius 3 is 2.60 bits per heavy atom. The van der Waals surface area contributed by atoms with Gasteiger partial charge in [-0.15, -0.1) is 0 Å². The number of amides is 1. The highest BCUT2D eigenvalue weighted by atomic mass is 16.5. The Kier molecular flexibility index (Phi) is 4.10. The molecule has 5 heteroatoms. The van der Waals surface area contributed by atoms with Gasteiger partial charge in [-0.25, -0.2) is 0 Å². The molecule has 0 radical (unpaired) electrons. The fourth-order valence-corrected chi connectivity index (χ4v) is 1.83. The monoisotopic (exact) mass is 272 g/mol. The first-order valence-electron chi connectivity index (χ1n) is 6.06. The van der Waals surface area contributed by atoms with Crippen LogP contribution in [0.5, 0.6) is 11.5 Å². The van der Waals surface area contributed by atoms with Gasteiger partial charge in [0.2, 0.25) is 5.91 Å². The van der Waals surface area contributed by atoms with Gasteiger partial charge in [-0.2, -0.15) is 0 Å². The second-order valence-corrected chi connectivity index (χ2v) is 4.21. The first-order valence-corrected chi connectivity index (χ1v) is 6.06. The highest BCUT2D eigenvalue weighted by Crippen LogP contribution is 2.27. The Morgan fingerprint density at radius 2 is 1.95 bits per heavy atom. The van der Waals surface area contributed by atoms with Gasteiger partial charge in [-0.05, 0) is 18.2 Å². The average Bonchev–Trinajstić information content (AvgIpc) is 2.46. The largest absolute Gasteiger partial charge is 0.497 e. The summed E-state index contributed by atoms with van der Waals surface area (Å²) in [4.78, 5) is 11.3. The molecule has 2 aromatic rings. The number of nitrogen functional groups attached to an aromatic ring is 1. The van der Waals surface area contributed by atoms with E-state index in [-0.39, 0.29) is 6.61 Å². The molecule has 0 aliphatic carbocycles. The van der Waals surface area contributed by atoms with Gasteiger partial charge in [-0.3, -0.25) is 4.79 Å². The van der Waals surface area contributed by atoms with Crippen molar-refractivity contribution in [2.45, 2.75) is 6.61 Å². The number of benzene rings is 2. The number of hydrogen-bond acceptors (Lipinski definition) is 4. The van der Waals surface area contributed by atoms with Gasteiger partial charge in [-0.1, -0.05) is 18.2 Å². The number of primary amides is 1. The summed E-state index contributed by atoms with van der Waals surface area (Å²) in [6.45, 7) is 0.218. The summed E-state index contributed by atoms with van der Waals surface area (Å²) in [7, 11) is 1.57. The van der Waals surface area contributed by atoms with Crippen LogP contribution < -0.4 is 20.9 Å². The minimum atomic E-state index is -0.480. The molecular weight excluding hydrogens is 256 g/mol. The summed E-state index contributed by atoms with van der Waals surface area (Å²) in [5, 5.41) is 0. The number of nitrogens with two attached hydrogens (primary N) is 2. The Bertz CT molecular complexity index is 626. The summed E-state index contributed by atoms with van der Waals surface area (Å²) in [5.74, 6) is 0.712. The first-order chi connectivity index (χ1) is 9.61. The lowest BCUT2D eigenvalue weighted by Crippen LogP contribution is -2.14. The fourth-order valence-electron chi connectivity index (χ4n) is 1.83. The topological polar surface area (TPSA) is 87.6 Å². The zero-order valence-electron chi connectivity index (χ0n) is 11.1. The molecule has 20 heavy (non-hydrogen) atoms. The van der Waals surface area contributed by atoms with Crippen molar-refractivity contribution in [3.63, 3.8) is 0 Å². The van der Waals surface area contributed by atoms with E-state index in [0.717, 1.165) is 5.56 Å². The van der Waals surface area contributed by atoms with Crippen LogP contribution in [0.4, 0.5) is 5.69 Å². The number of ether oxygens (including phenoxy) is 2. The van der Waals surface area contributed by atoms with Crippen molar-refractivity contribution >= 4 is 11.6 Å². The van der Waals surface area contributed by atoms with Crippen molar-refractivity contribution in [2.75, 3.05) is 12.8 Å². The third kappa shape index (κ3) is 3.00. The van der Waals surface area contributed by atoms with E-state index >= 15 is 0 Å².